The van der Waals surface area contributed by atoms with Crippen LogP contribution in [-0.2, 0) is 27.2 Å². The molecule has 1 unspecified atom stereocenters. The van der Waals surface area contributed by atoms with Crippen LogP contribution < -0.4 is 19.5 Å². The van der Waals surface area contributed by atoms with Crippen LogP contribution in [-0.4, -0.2) is 55.8 Å². The van der Waals surface area contributed by atoms with Gasteiger partial charge in [-0.3, -0.25) is 10.2 Å². The Morgan fingerprint density at radius 1 is 0.929 bits per heavy atom. The largest absolute Gasteiger partial charge is 0.619 e. The molecule has 4 aromatic rings. The number of carbonyl (C=O) groups excluding carboxylic acids is 2. The molecule has 0 radical (unpaired) electrons. The number of ether oxygens (including phenoxy) is 4. The number of benzene rings is 3. The molecule has 3 aromatic carbocycles. The smallest absolute Gasteiger partial charge is 0.387 e. The second kappa shape index (κ2) is 17.7. The van der Waals surface area contributed by atoms with Gasteiger partial charge in [-0.2, -0.15) is 13.5 Å². The molecule has 1 aromatic heterocycles. The molecule has 56 heavy (non-hydrogen) atoms. The molecule has 4 aliphatic rings. The molecule has 4 heterocycles. The van der Waals surface area contributed by atoms with Crippen molar-refractivity contribution in [2.75, 3.05) is 26.2 Å². The Balaban J connectivity index is 1.11. The van der Waals surface area contributed by atoms with Gasteiger partial charge in [-0.15, -0.1) is 0 Å². The first kappa shape index (κ1) is 39.7. The maximum Gasteiger partial charge on any atom is 0.387 e. The maximum absolute atomic E-state index is 14.4. The van der Waals surface area contributed by atoms with Crippen LogP contribution in [0.3, 0.4) is 0 Å². The van der Waals surface area contributed by atoms with Gasteiger partial charge in [-0.1, -0.05) is 53.5 Å². The Labute approximate surface area is 332 Å². The van der Waals surface area contributed by atoms with Crippen molar-refractivity contribution >= 4 is 35.1 Å². The number of pyridine rings is 1. The van der Waals surface area contributed by atoms with Crippen molar-refractivity contribution in [3.05, 3.63) is 128 Å². The van der Waals surface area contributed by atoms with Crippen LogP contribution in [0.4, 0.5) is 13.2 Å². The number of hydrogen-bond acceptors (Lipinski definition) is 9. The van der Waals surface area contributed by atoms with Crippen molar-refractivity contribution in [1.82, 2.24) is 10.2 Å². The van der Waals surface area contributed by atoms with E-state index in [1.807, 2.05) is 0 Å². The van der Waals surface area contributed by atoms with Crippen molar-refractivity contribution < 1.29 is 46.4 Å². The molecule has 10 nitrogen and oxygen atoms in total. The molecule has 1 N–H and O–H groups in total. The third-order valence-corrected chi connectivity index (χ3v) is 11.0. The number of aromatic nitrogens is 1. The minimum Gasteiger partial charge on any atom is -0.619 e. The second-order valence-electron chi connectivity index (χ2n) is 14.4. The number of rotatable bonds is 16. The van der Waals surface area contributed by atoms with E-state index < -0.39 is 36.5 Å². The van der Waals surface area contributed by atoms with Crippen LogP contribution in [0.15, 0.2) is 79.1 Å². The van der Waals surface area contributed by atoms with Gasteiger partial charge in [0.1, 0.15) is 34.1 Å². The average Bonchev–Trinajstić information content (AvgIpc) is 4.01. The SMILES string of the molecule is O=C(O[C@@H](Cc1c(Cl)c[n+]([O-])cc1Cl)c1ccc(OC(F)F)c(OCC2CC2)c1)c1cccc(CNC(C(=O)O[C@H]2CN3CCC2CC3)c2cccc(F)c2)c1. The van der Waals surface area contributed by atoms with Crippen LogP contribution in [0.1, 0.15) is 70.4 Å². The highest BCUT2D eigenvalue weighted by Gasteiger charge is 2.38. The predicted octanol–water partition coefficient (Wildman–Crippen LogP) is 7.77. The summed E-state index contributed by atoms with van der Waals surface area (Å²) in [6.45, 7) is -0.0550. The second-order valence-corrected chi connectivity index (χ2v) is 15.2. The molecule has 8 rings (SSSR count). The fourth-order valence-electron chi connectivity index (χ4n) is 7.17. The van der Waals surface area contributed by atoms with E-state index in [2.05, 4.69) is 10.2 Å². The molecule has 3 atom stereocenters. The summed E-state index contributed by atoms with van der Waals surface area (Å²) in [5.41, 5.74) is 1.87. The number of fused-ring (bicyclic) bond motifs is 3. The summed E-state index contributed by atoms with van der Waals surface area (Å²) in [4.78, 5) is 29.8. The van der Waals surface area contributed by atoms with E-state index in [1.165, 1.54) is 36.4 Å². The number of nitrogens with one attached hydrogen (secondary N) is 1. The summed E-state index contributed by atoms with van der Waals surface area (Å²) in [5.74, 6) is -1.30. The molecule has 3 aliphatic heterocycles. The van der Waals surface area contributed by atoms with Gasteiger partial charge in [-0.05, 0) is 104 Å². The monoisotopic (exact) mass is 813 g/mol. The lowest BCUT2D eigenvalue weighted by Gasteiger charge is -2.44. The summed E-state index contributed by atoms with van der Waals surface area (Å²) in [6.07, 6.45) is 4.66. The minimum atomic E-state index is -3.10. The van der Waals surface area contributed by atoms with Crippen LogP contribution >= 0.6 is 23.2 Å². The summed E-state index contributed by atoms with van der Waals surface area (Å²) >= 11 is 12.8. The summed E-state index contributed by atoms with van der Waals surface area (Å²) < 4.78 is 64.0. The van der Waals surface area contributed by atoms with Gasteiger partial charge in [0.05, 0.1) is 12.2 Å². The number of nitrogens with zero attached hydrogens (tertiary/aromatic N) is 2. The van der Waals surface area contributed by atoms with Crippen LogP contribution in [0.5, 0.6) is 11.5 Å². The number of piperidine rings is 3. The Hall–Kier alpha value is -4.56. The average molecular weight is 815 g/mol. The molecule has 296 valence electrons. The Kier molecular flexibility index (Phi) is 12.5. The van der Waals surface area contributed by atoms with Crippen LogP contribution in [0, 0.1) is 22.9 Å². The first-order valence-corrected chi connectivity index (χ1v) is 19.2. The highest BCUT2D eigenvalue weighted by molar-refractivity contribution is 6.35. The lowest BCUT2D eigenvalue weighted by Crippen LogP contribution is -2.52. The number of halogens is 5. The fraction of sp³-hybridized carbons (Fsp3) is 0.390. The highest BCUT2D eigenvalue weighted by Crippen LogP contribution is 2.38. The molecule has 0 spiro atoms. The van der Waals surface area contributed by atoms with Crippen molar-refractivity contribution in [2.24, 2.45) is 11.8 Å². The van der Waals surface area contributed by atoms with Gasteiger partial charge in [0.2, 0.25) is 0 Å². The summed E-state index contributed by atoms with van der Waals surface area (Å²) in [6, 6.07) is 15.6. The van der Waals surface area contributed by atoms with Crippen molar-refractivity contribution in [3.63, 3.8) is 0 Å². The van der Waals surface area contributed by atoms with Crippen LogP contribution in [0.2, 0.25) is 10.0 Å². The topological polar surface area (TPSA) is 113 Å². The number of carbonyl (C=O) groups is 2. The molecule has 4 fully saturated rings. The van der Waals surface area contributed by atoms with E-state index in [0.717, 1.165) is 51.2 Å². The predicted molar refractivity (Wildman–Crippen MR) is 200 cm³/mol. The molecule has 1 aliphatic carbocycles. The molecule has 0 amide bonds. The van der Waals surface area contributed by atoms with E-state index in [1.54, 1.807) is 30.3 Å². The molecule has 3 saturated heterocycles. The quantitative estimate of drug-likeness (QED) is 0.0689. The maximum atomic E-state index is 14.4. The number of alkyl halides is 2. The van der Waals surface area contributed by atoms with E-state index in [9.17, 15) is 28.0 Å². The normalized spacial score (nSPS) is 20.0. The van der Waals surface area contributed by atoms with Crippen LogP contribution in [0.25, 0.3) is 0 Å². The van der Waals surface area contributed by atoms with Crippen molar-refractivity contribution in [1.29, 1.82) is 0 Å². The Bertz CT molecular complexity index is 2020. The molecule has 15 heteroatoms. The van der Waals surface area contributed by atoms with Gasteiger partial charge in [0.25, 0.3) is 0 Å². The molecule has 1 saturated carbocycles. The zero-order chi connectivity index (χ0) is 39.3. The zero-order valence-corrected chi connectivity index (χ0v) is 31.7. The molecule has 2 bridgehead atoms. The van der Waals surface area contributed by atoms with E-state index in [-0.39, 0.29) is 52.1 Å². The highest BCUT2D eigenvalue weighted by atomic mass is 35.5. The van der Waals surface area contributed by atoms with E-state index in [0.29, 0.717) is 46.1 Å². The first-order valence-electron chi connectivity index (χ1n) is 18.5. The van der Waals surface area contributed by atoms with Gasteiger partial charge in [-0.25, -0.2) is 14.0 Å². The Morgan fingerprint density at radius 2 is 1.68 bits per heavy atom. The van der Waals surface area contributed by atoms with E-state index in [4.69, 9.17) is 42.1 Å². The van der Waals surface area contributed by atoms with Gasteiger partial charge >= 0.3 is 18.6 Å². The van der Waals surface area contributed by atoms with E-state index >= 15 is 0 Å². The summed E-state index contributed by atoms with van der Waals surface area (Å²) in [5, 5.41) is 15.2. The lowest BCUT2D eigenvalue weighted by molar-refractivity contribution is -0.605. The molecular weight excluding hydrogens is 774 g/mol. The minimum absolute atomic E-state index is 0.0318. The van der Waals surface area contributed by atoms with Crippen molar-refractivity contribution in [3.8, 4) is 11.5 Å². The van der Waals surface area contributed by atoms with Gasteiger partial charge in [0, 0.05) is 25.1 Å². The van der Waals surface area contributed by atoms with Crippen molar-refractivity contribution in [2.45, 2.75) is 63.5 Å². The Morgan fingerprint density at radius 3 is 2.36 bits per heavy atom. The summed E-state index contributed by atoms with van der Waals surface area (Å²) in [7, 11) is 0. The number of hydrogen-bond donors (Lipinski definition) is 1. The zero-order valence-electron chi connectivity index (χ0n) is 30.2. The fourth-order valence-corrected chi connectivity index (χ4v) is 7.77. The lowest BCUT2D eigenvalue weighted by atomic mass is 9.86. The first-order chi connectivity index (χ1) is 27.0. The third kappa shape index (κ3) is 10.0. The molecular formula is C41H40Cl2F3N3O7. The van der Waals surface area contributed by atoms with Gasteiger partial charge in [0.15, 0.2) is 23.9 Å². The van der Waals surface area contributed by atoms with Gasteiger partial charge < -0.3 is 24.2 Å². The number of esters is 2. The third-order valence-electron chi connectivity index (χ3n) is 10.4. The standard InChI is InChI=1S/C41H40Cl2F3N3O7/c42-32-20-49(52)21-33(43)31(32)18-35(27-9-10-34(56-41(45)46)36(17-27)53-23-24-7-8-24)54-39(50)29-5-1-3-25(15-29)19-47-38(28-4-2-6-30(44)16-28)40(51)55-37-22-48-13-11-26(37)12-14-48/h1-6,9-10,15-17,20-21,24,26,35,37-38,41,47H,7-8,11-14,18-19,22-23H2/t35-,37-,38?/m0/s1.